The van der Waals surface area contributed by atoms with Crippen molar-refractivity contribution in [3.05, 3.63) is 24.3 Å². The summed E-state index contributed by atoms with van der Waals surface area (Å²) in [6.07, 6.45) is -4.67. The number of rotatable bonds is 2. The van der Waals surface area contributed by atoms with Crippen LogP contribution < -0.4 is 10.5 Å². The Balaban J connectivity index is 2.01. The monoisotopic (exact) mass is 241 g/mol. The summed E-state index contributed by atoms with van der Waals surface area (Å²) in [5.41, 5.74) is 6.11. The molecule has 0 spiro atoms. The molecule has 5 N–H and O–H groups in total. The van der Waals surface area contributed by atoms with Gasteiger partial charge < -0.3 is 30.5 Å². The predicted molar refractivity (Wildman–Crippen MR) is 59.2 cm³/mol. The molecule has 17 heavy (non-hydrogen) atoms. The molecule has 0 bridgehead atoms. The van der Waals surface area contributed by atoms with Crippen LogP contribution in [0, 0.1) is 0 Å². The standard InChI is InChI=1S/C11H15NO5/c12-6-1-3-7(4-2-6)17-11-10(15)9(14)8(13)5-16-11/h1-4,8-11,13-15H,5,12H2/t8-,9+,10-,11+/m1/s1. The highest BCUT2D eigenvalue weighted by Gasteiger charge is 2.38. The lowest BCUT2D eigenvalue weighted by molar-refractivity contribution is -0.242. The summed E-state index contributed by atoms with van der Waals surface area (Å²) in [5, 5.41) is 28.4. The SMILES string of the molecule is Nc1ccc(O[C@@H]2OC[C@@H](O)[C@H](O)[C@H]2O)cc1. The predicted octanol–water partition coefficient (Wildman–Crippen LogP) is -0.913. The average Bonchev–Trinajstić information content (AvgIpc) is 2.33. The molecular weight excluding hydrogens is 226 g/mol. The Morgan fingerprint density at radius 1 is 1.12 bits per heavy atom. The van der Waals surface area contributed by atoms with Gasteiger partial charge >= 0.3 is 0 Å². The second-order valence-corrected chi connectivity index (χ2v) is 3.94. The van der Waals surface area contributed by atoms with Gasteiger partial charge in [0.05, 0.1) is 6.61 Å². The van der Waals surface area contributed by atoms with Crippen molar-refractivity contribution < 1.29 is 24.8 Å². The lowest BCUT2D eigenvalue weighted by Gasteiger charge is -2.34. The molecule has 0 unspecified atom stereocenters. The van der Waals surface area contributed by atoms with Crippen LogP contribution in [0.15, 0.2) is 24.3 Å². The van der Waals surface area contributed by atoms with Gasteiger partial charge in [-0.05, 0) is 24.3 Å². The molecule has 2 rings (SSSR count). The van der Waals surface area contributed by atoms with Gasteiger partial charge in [0, 0.05) is 5.69 Å². The van der Waals surface area contributed by atoms with E-state index in [0.29, 0.717) is 11.4 Å². The molecule has 0 saturated carbocycles. The van der Waals surface area contributed by atoms with Crippen molar-refractivity contribution in [1.29, 1.82) is 0 Å². The van der Waals surface area contributed by atoms with E-state index in [1.54, 1.807) is 24.3 Å². The maximum absolute atomic E-state index is 9.64. The largest absolute Gasteiger partial charge is 0.462 e. The van der Waals surface area contributed by atoms with Gasteiger partial charge in [0.1, 0.15) is 24.1 Å². The quantitative estimate of drug-likeness (QED) is 0.499. The van der Waals surface area contributed by atoms with Crippen molar-refractivity contribution in [3.8, 4) is 5.75 Å². The van der Waals surface area contributed by atoms with Crippen LogP contribution in [0.2, 0.25) is 0 Å². The van der Waals surface area contributed by atoms with E-state index in [9.17, 15) is 15.3 Å². The summed E-state index contributed by atoms with van der Waals surface area (Å²) in [5.74, 6) is 0.465. The van der Waals surface area contributed by atoms with Gasteiger partial charge in [-0.2, -0.15) is 0 Å². The molecular formula is C11H15NO5. The normalized spacial score (nSPS) is 33.4. The molecule has 1 aliphatic rings. The molecule has 1 aromatic rings. The molecule has 6 heteroatoms. The van der Waals surface area contributed by atoms with Gasteiger partial charge in [0.25, 0.3) is 0 Å². The van der Waals surface area contributed by atoms with E-state index in [-0.39, 0.29) is 6.61 Å². The summed E-state index contributed by atoms with van der Waals surface area (Å²) >= 11 is 0. The van der Waals surface area contributed by atoms with E-state index >= 15 is 0 Å². The Labute approximate surface area is 98.2 Å². The number of anilines is 1. The second kappa shape index (κ2) is 4.89. The van der Waals surface area contributed by atoms with Gasteiger partial charge in [-0.1, -0.05) is 0 Å². The molecule has 0 radical (unpaired) electrons. The smallest absolute Gasteiger partial charge is 0.228 e. The van der Waals surface area contributed by atoms with Crippen molar-refractivity contribution in [1.82, 2.24) is 0 Å². The third-order valence-electron chi connectivity index (χ3n) is 2.59. The first kappa shape index (κ1) is 12.1. The third kappa shape index (κ3) is 2.67. The number of nitrogen functional groups attached to an aromatic ring is 1. The van der Waals surface area contributed by atoms with Gasteiger partial charge in [0.15, 0.2) is 0 Å². The van der Waals surface area contributed by atoms with Crippen molar-refractivity contribution in [2.24, 2.45) is 0 Å². The van der Waals surface area contributed by atoms with Gasteiger partial charge in [-0.15, -0.1) is 0 Å². The van der Waals surface area contributed by atoms with E-state index in [0.717, 1.165) is 0 Å². The zero-order chi connectivity index (χ0) is 12.4. The lowest BCUT2D eigenvalue weighted by Crippen LogP contribution is -2.54. The molecule has 1 aliphatic heterocycles. The number of aliphatic hydroxyl groups is 3. The molecule has 4 atom stereocenters. The Morgan fingerprint density at radius 2 is 1.76 bits per heavy atom. The number of hydrogen-bond donors (Lipinski definition) is 4. The van der Waals surface area contributed by atoms with Crippen LogP contribution in [0.4, 0.5) is 5.69 Å². The average molecular weight is 241 g/mol. The van der Waals surface area contributed by atoms with Crippen LogP contribution in [-0.4, -0.2) is 46.5 Å². The zero-order valence-corrected chi connectivity index (χ0v) is 9.06. The molecule has 1 fully saturated rings. The van der Waals surface area contributed by atoms with Crippen LogP contribution in [-0.2, 0) is 4.74 Å². The van der Waals surface area contributed by atoms with Crippen LogP contribution >= 0.6 is 0 Å². The van der Waals surface area contributed by atoms with E-state index in [1.165, 1.54) is 0 Å². The minimum Gasteiger partial charge on any atom is -0.462 e. The highest BCUT2D eigenvalue weighted by atomic mass is 16.7. The maximum Gasteiger partial charge on any atom is 0.228 e. The summed E-state index contributed by atoms with van der Waals surface area (Å²) < 4.78 is 10.4. The van der Waals surface area contributed by atoms with Gasteiger partial charge in [-0.3, -0.25) is 0 Å². The molecule has 1 heterocycles. The third-order valence-corrected chi connectivity index (χ3v) is 2.59. The second-order valence-electron chi connectivity index (χ2n) is 3.94. The van der Waals surface area contributed by atoms with Crippen LogP contribution in [0.1, 0.15) is 0 Å². The van der Waals surface area contributed by atoms with Gasteiger partial charge in [-0.25, -0.2) is 0 Å². The summed E-state index contributed by atoms with van der Waals surface area (Å²) in [7, 11) is 0. The first-order valence-electron chi connectivity index (χ1n) is 5.26. The summed E-state index contributed by atoms with van der Waals surface area (Å²) in [6.45, 7) is -0.0855. The fraction of sp³-hybridized carbons (Fsp3) is 0.455. The Bertz CT molecular complexity index is 369. The summed E-state index contributed by atoms with van der Waals surface area (Å²) in [6, 6.07) is 6.55. The van der Waals surface area contributed by atoms with Crippen LogP contribution in [0.3, 0.4) is 0 Å². The zero-order valence-electron chi connectivity index (χ0n) is 9.06. The van der Waals surface area contributed by atoms with E-state index in [4.69, 9.17) is 15.2 Å². The van der Waals surface area contributed by atoms with E-state index < -0.39 is 24.6 Å². The Kier molecular flexibility index (Phi) is 3.49. The molecule has 1 aromatic carbocycles. The van der Waals surface area contributed by atoms with Gasteiger partial charge in [0.2, 0.25) is 6.29 Å². The maximum atomic E-state index is 9.64. The number of benzene rings is 1. The fourth-order valence-corrected chi connectivity index (χ4v) is 1.56. The van der Waals surface area contributed by atoms with Crippen molar-refractivity contribution in [2.45, 2.75) is 24.6 Å². The van der Waals surface area contributed by atoms with Crippen molar-refractivity contribution in [3.63, 3.8) is 0 Å². The van der Waals surface area contributed by atoms with E-state index in [2.05, 4.69) is 0 Å². The summed E-state index contributed by atoms with van der Waals surface area (Å²) in [4.78, 5) is 0. The highest BCUT2D eigenvalue weighted by Crippen LogP contribution is 2.21. The van der Waals surface area contributed by atoms with Crippen LogP contribution in [0.5, 0.6) is 5.75 Å². The Morgan fingerprint density at radius 3 is 2.41 bits per heavy atom. The van der Waals surface area contributed by atoms with E-state index in [1.807, 2.05) is 0 Å². The minimum absolute atomic E-state index is 0.0855. The molecule has 94 valence electrons. The number of hydrogen-bond acceptors (Lipinski definition) is 6. The number of nitrogens with two attached hydrogens (primary N) is 1. The highest BCUT2D eigenvalue weighted by molar-refractivity contribution is 5.41. The number of ether oxygens (including phenoxy) is 2. The molecule has 0 aromatic heterocycles. The van der Waals surface area contributed by atoms with Crippen molar-refractivity contribution >= 4 is 5.69 Å². The molecule has 0 amide bonds. The molecule has 6 nitrogen and oxygen atoms in total. The first-order valence-corrected chi connectivity index (χ1v) is 5.26. The molecule has 0 aliphatic carbocycles. The molecule has 1 saturated heterocycles. The van der Waals surface area contributed by atoms with Crippen LogP contribution in [0.25, 0.3) is 0 Å². The Hall–Kier alpha value is -1.34. The first-order chi connectivity index (χ1) is 8.08. The minimum atomic E-state index is -1.30. The fourth-order valence-electron chi connectivity index (χ4n) is 1.56. The topological polar surface area (TPSA) is 105 Å². The number of aliphatic hydroxyl groups excluding tert-OH is 3. The lowest BCUT2D eigenvalue weighted by atomic mass is 10.1. The van der Waals surface area contributed by atoms with Crippen molar-refractivity contribution in [2.75, 3.05) is 12.3 Å².